The number of hydrogen-bond donors (Lipinski definition) is 0. The summed E-state index contributed by atoms with van der Waals surface area (Å²) in [6.07, 6.45) is 6.97. The predicted molar refractivity (Wildman–Crippen MR) is 66.1 cm³/mol. The van der Waals surface area contributed by atoms with E-state index in [9.17, 15) is 4.79 Å². The van der Waals surface area contributed by atoms with Crippen molar-refractivity contribution in [3.8, 4) is 0 Å². The van der Waals surface area contributed by atoms with Gasteiger partial charge >= 0.3 is 0 Å². The Kier molecular flexibility index (Phi) is 4.11. The molecule has 1 aliphatic carbocycles. The second kappa shape index (κ2) is 5.15. The third-order valence-corrected chi connectivity index (χ3v) is 2.88. The van der Waals surface area contributed by atoms with Crippen molar-refractivity contribution < 1.29 is 9.21 Å². The zero-order valence-electron chi connectivity index (χ0n) is 10.5. The first kappa shape index (κ1) is 12.8. The lowest BCUT2D eigenvalue weighted by Crippen LogP contribution is -2.25. The van der Waals surface area contributed by atoms with E-state index in [1.165, 1.54) is 0 Å². The number of carbonyl (C=O) groups excluding carboxylic acids is 1. The Labute approximate surface area is 97.3 Å². The molecular formula is C14H20O2. The molecule has 0 aliphatic heterocycles. The lowest BCUT2D eigenvalue weighted by atomic mass is 9.76. The van der Waals surface area contributed by atoms with Crippen LogP contribution in [0, 0.1) is 5.41 Å². The number of furan rings is 1. The van der Waals surface area contributed by atoms with Gasteiger partial charge in [0.25, 0.3) is 0 Å². The summed E-state index contributed by atoms with van der Waals surface area (Å²) in [5.74, 6) is 0.222. The molecule has 0 saturated heterocycles. The summed E-state index contributed by atoms with van der Waals surface area (Å²) >= 11 is 0. The maximum Gasteiger partial charge on any atom is 0.161 e. The summed E-state index contributed by atoms with van der Waals surface area (Å²) in [5.41, 5.74) is 1.95. The van der Waals surface area contributed by atoms with E-state index in [0.29, 0.717) is 0 Å². The van der Waals surface area contributed by atoms with Crippen LogP contribution in [0.25, 0.3) is 5.57 Å². The molecule has 0 atom stereocenters. The number of ketones is 1. The van der Waals surface area contributed by atoms with Crippen LogP contribution in [-0.2, 0) is 4.79 Å². The highest BCUT2D eigenvalue weighted by molar-refractivity contribution is 6.01. The van der Waals surface area contributed by atoms with Gasteiger partial charge in [-0.1, -0.05) is 27.7 Å². The minimum Gasteiger partial charge on any atom is -0.472 e. The van der Waals surface area contributed by atoms with Crippen molar-refractivity contribution in [2.24, 2.45) is 5.41 Å². The third-order valence-electron chi connectivity index (χ3n) is 2.88. The van der Waals surface area contributed by atoms with Crippen molar-refractivity contribution in [1.82, 2.24) is 0 Å². The molecule has 1 heterocycles. The summed E-state index contributed by atoms with van der Waals surface area (Å²) in [6, 6.07) is 1.90. The van der Waals surface area contributed by atoms with E-state index in [0.717, 1.165) is 24.0 Å². The Morgan fingerprint density at radius 1 is 1.31 bits per heavy atom. The first-order chi connectivity index (χ1) is 7.59. The van der Waals surface area contributed by atoms with Crippen LogP contribution in [0.1, 0.15) is 46.1 Å². The topological polar surface area (TPSA) is 30.2 Å². The van der Waals surface area contributed by atoms with Gasteiger partial charge < -0.3 is 4.42 Å². The van der Waals surface area contributed by atoms with Gasteiger partial charge in [0.05, 0.1) is 12.5 Å². The quantitative estimate of drug-likeness (QED) is 0.714. The van der Waals surface area contributed by atoms with Crippen LogP contribution in [-0.4, -0.2) is 5.78 Å². The molecule has 88 valence electrons. The van der Waals surface area contributed by atoms with Gasteiger partial charge in [0.15, 0.2) is 5.78 Å². The molecule has 0 radical (unpaired) electrons. The fourth-order valence-corrected chi connectivity index (χ4v) is 1.67. The lowest BCUT2D eigenvalue weighted by molar-refractivity contribution is -0.122. The summed E-state index contributed by atoms with van der Waals surface area (Å²) in [7, 11) is 0. The summed E-state index contributed by atoms with van der Waals surface area (Å²) in [6.45, 7) is 8.00. The van der Waals surface area contributed by atoms with Crippen LogP contribution in [0.2, 0.25) is 0 Å². The first-order valence-electron chi connectivity index (χ1n) is 5.87. The van der Waals surface area contributed by atoms with Crippen LogP contribution in [0.15, 0.2) is 29.1 Å². The minimum absolute atomic E-state index is 0.187. The van der Waals surface area contributed by atoms with Gasteiger partial charge in [0.2, 0.25) is 0 Å². The Morgan fingerprint density at radius 3 is 2.50 bits per heavy atom. The van der Waals surface area contributed by atoms with E-state index in [2.05, 4.69) is 0 Å². The number of allylic oxidation sites excluding steroid dienone is 2. The van der Waals surface area contributed by atoms with Crippen molar-refractivity contribution in [2.45, 2.75) is 40.5 Å². The molecule has 0 spiro atoms. The number of hydrogen-bond acceptors (Lipinski definition) is 2. The van der Waals surface area contributed by atoms with Crippen LogP contribution in [0.5, 0.6) is 0 Å². The summed E-state index contributed by atoms with van der Waals surface area (Å²) < 4.78 is 5.00. The molecule has 0 aromatic carbocycles. The van der Waals surface area contributed by atoms with Crippen molar-refractivity contribution in [3.05, 3.63) is 30.2 Å². The molecule has 1 aromatic heterocycles. The molecule has 1 aliphatic rings. The SMILES string of the molecule is CC.CC1(C)CCC(c2ccoc2)=CC1=O. The van der Waals surface area contributed by atoms with Gasteiger partial charge in [-0.2, -0.15) is 0 Å². The second-order valence-electron chi connectivity index (χ2n) is 4.43. The van der Waals surface area contributed by atoms with Crippen LogP contribution in [0.3, 0.4) is 0 Å². The molecule has 0 unspecified atom stereocenters. The Morgan fingerprint density at radius 2 is 2.00 bits per heavy atom. The highest BCUT2D eigenvalue weighted by Gasteiger charge is 2.30. The van der Waals surface area contributed by atoms with E-state index in [1.807, 2.05) is 33.8 Å². The summed E-state index contributed by atoms with van der Waals surface area (Å²) in [5, 5.41) is 0. The molecule has 0 N–H and O–H groups in total. The lowest BCUT2D eigenvalue weighted by Gasteiger charge is -2.26. The highest BCUT2D eigenvalue weighted by Crippen LogP contribution is 2.35. The van der Waals surface area contributed by atoms with E-state index in [4.69, 9.17) is 4.42 Å². The first-order valence-corrected chi connectivity index (χ1v) is 5.87. The maximum atomic E-state index is 11.7. The number of carbonyl (C=O) groups is 1. The number of rotatable bonds is 1. The van der Waals surface area contributed by atoms with Gasteiger partial charge in [0.1, 0.15) is 0 Å². The van der Waals surface area contributed by atoms with Crippen molar-refractivity contribution in [3.63, 3.8) is 0 Å². The molecule has 16 heavy (non-hydrogen) atoms. The minimum atomic E-state index is -0.187. The Bertz CT molecular complexity index is 369. The van der Waals surface area contributed by atoms with E-state index >= 15 is 0 Å². The predicted octanol–water partition coefficient (Wildman–Crippen LogP) is 4.08. The van der Waals surface area contributed by atoms with E-state index < -0.39 is 0 Å². The Hall–Kier alpha value is -1.31. The smallest absolute Gasteiger partial charge is 0.161 e. The normalized spacial score (nSPS) is 18.5. The molecule has 1 aromatic rings. The maximum absolute atomic E-state index is 11.7. The molecular weight excluding hydrogens is 200 g/mol. The van der Waals surface area contributed by atoms with Gasteiger partial charge in [0, 0.05) is 11.0 Å². The highest BCUT2D eigenvalue weighted by atomic mass is 16.3. The van der Waals surface area contributed by atoms with E-state index in [1.54, 1.807) is 18.6 Å². The summed E-state index contributed by atoms with van der Waals surface area (Å²) in [4.78, 5) is 11.7. The van der Waals surface area contributed by atoms with Crippen LogP contribution < -0.4 is 0 Å². The molecule has 0 bridgehead atoms. The zero-order valence-corrected chi connectivity index (χ0v) is 10.5. The molecule has 0 fully saturated rings. The van der Waals surface area contributed by atoms with Crippen molar-refractivity contribution in [1.29, 1.82) is 0 Å². The fourth-order valence-electron chi connectivity index (χ4n) is 1.67. The second-order valence-corrected chi connectivity index (χ2v) is 4.43. The largest absolute Gasteiger partial charge is 0.472 e. The average molecular weight is 220 g/mol. The molecule has 2 nitrogen and oxygen atoms in total. The molecule has 2 rings (SSSR count). The van der Waals surface area contributed by atoms with E-state index in [-0.39, 0.29) is 11.2 Å². The Balaban J connectivity index is 0.000000606. The average Bonchev–Trinajstić information content (AvgIpc) is 2.78. The van der Waals surface area contributed by atoms with Gasteiger partial charge in [-0.05, 0) is 30.6 Å². The van der Waals surface area contributed by atoms with Gasteiger partial charge in [-0.15, -0.1) is 0 Å². The standard InChI is InChI=1S/C12H14O2.C2H6/c1-12(2)5-3-9(7-11(12)13)10-4-6-14-8-10;1-2/h4,6-8H,3,5H2,1-2H3;1-2H3. The zero-order chi connectivity index (χ0) is 12.2. The van der Waals surface area contributed by atoms with Gasteiger partial charge in [-0.25, -0.2) is 0 Å². The van der Waals surface area contributed by atoms with Crippen LogP contribution >= 0.6 is 0 Å². The monoisotopic (exact) mass is 220 g/mol. The van der Waals surface area contributed by atoms with Gasteiger partial charge in [-0.3, -0.25) is 4.79 Å². The fraction of sp³-hybridized carbons (Fsp3) is 0.500. The van der Waals surface area contributed by atoms with Crippen LogP contribution in [0.4, 0.5) is 0 Å². The molecule has 0 saturated carbocycles. The van der Waals surface area contributed by atoms with Crippen molar-refractivity contribution >= 4 is 11.4 Å². The molecule has 0 amide bonds. The molecule has 2 heteroatoms. The van der Waals surface area contributed by atoms with Crippen molar-refractivity contribution in [2.75, 3.05) is 0 Å². The third kappa shape index (κ3) is 2.63.